The van der Waals surface area contributed by atoms with Crippen LogP contribution in [0, 0.1) is 0 Å². The van der Waals surface area contributed by atoms with E-state index in [1.807, 2.05) is 44.3 Å². The van der Waals surface area contributed by atoms with Crippen LogP contribution in [-0.2, 0) is 11.3 Å². The zero-order valence-electron chi connectivity index (χ0n) is 14.5. The minimum atomic E-state index is -0.0395. The van der Waals surface area contributed by atoms with Crippen LogP contribution in [0.4, 0.5) is 5.69 Å². The molecule has 2 aromatic carbocycles. The average Bonchev–Trinajstić information content (AvgIpc) is 3.04. The molecule has 1 heterocycles. The maximum Gasteiger partial charge on any atom is 0.279 e. The lowest BCUT2D eigenvalue weighted by atomic mass is 10.2. The predicted molar refractivity (Wildman–Crippen MR) is 94.3 cm³/mol. The number of ether oxygens (including phenoxy) is 3. The Bertz CT molecular complexity index is 731. The van der Waals surface area contributed by atoms with E-state index in [-0.39, 0.29) is 12.7 Å². The zero-order valence-corrected chi connectivity index (χ0v) is 14.5. The van der Waals surface area contributed by atoms with Gasteiger partial charge in [-0.3, -0.25) is 4.79 Å². The zero-order chi connectivity index (χ0) is 17.6. The highest BCUT2D eigenvalue weighted by molar-refractivity contribution is 5.91. The quantitative estimate of drug-likeness (QED) is 0.799. The molecule has 1 amide bonds. The van der Waals surface area contributed by atoms with Crippen LogP contribution in [0.1, 0.15) is 12.5 Å². The largest absolute Gasteiger partial charge is 0.494 e. The highest BCUT2D eigenvalue weighted by atomic mass is 16.7. The molecule has 1 atom stereocenters. The molecule has 0 saturated heterocycles. The first-order valence-corrected chi connectivity index (χ1v) is 8.36. The molecule has 6 heteroatoms. The molecule has 1 aliphatic heterocycles. The molecule has 0 radical (unpaired) electrons. The minimum absolute atomic E-state index is 0.0395. The van der Waals surface area contributed by atoms with Crippen molar-refractivity contribution in [1.29, 1.82) is 0 Å². The fourth-order valence-electron chi connectivity index (χ4n) is 2.73. The Hall–Kier alpha value is -2.73. The molecule has 1 aliphatic rings. The van der Waals surface area contributed by atoms with Crippen molar-refractivity contribution >= 4 is 11.6 Å². The third-order valence-corrected chi connectivity index (χ3v) is 3.86. The number of hydrogen-bond donors (Lipinski definition) is 2. The maximum absolute atomic E-state index is 12.2. The molecule has 6 nitrogen and oxygen atoms in total. The second-order valence-corrected chi connectivity index (χ2v) is 6.00. The molecule has 132 valence electrons. The molecule has 2 N–H and O–H groups in total. The van der Waals surface area contributed by atoms with Crippen LogP contribution in [0.5, 0.6) is 17.2 Å². The van der Waals surface area contributed by atoms with Crippen molar-refractivity contribution in [3.63, 3.8) is 0 Å². The highest BCUT2D eigenvalue weighted by Crippen LogP contribution is 2.34. The van der Waals surface area contributed by atoms with Crippen LogP contribution in [0.25, 0.3) is 0 Å². The van der Waals surface area contributed by atoms with Crippen molar-refractivity contribution in [2.45, 2.75) is 13.5 Å². The molecule has 1 unspecified atom stereocenters. The summed E-state index contributed by atoms with van der Waals surface area (Å²) in [5.74, 6) is 2.19. The van der Waals surface area contributed by atoms with E-state index in [9.17, 15) is 4.79 Å². The summed E-state index contributed by atoms with van der Waals surface area (Å²) in [5.41, 5.74) is 1.87. The lowest BCUT2D eigenvalue weighted by Crippen LogP contribution is -3.08. The number of hydrogen-bond acceptors (Lipinski definition) is 4. The van der Waals surface area contributed by atoms with Crippen LogP contribution >= 0.6 is 0 Å². The normalized spacial score (nSPS) is 13.4. The summed E-state index contributed by atoms with van der Waals surface area (Å²) >= 11 is 0. The van der Waals surface area contributed by atoms with Crippen molar-refractivity contribution in [2.24, 2.45) is 0 Å². The van der Waals surface area contributed by atoms with Gasteiger partial charge in [-0.2, -0.15) is 0 Å². The highest BCUT2D eigenvalue weighted by Gasteiger charge is 2.15. The summed E-state index contributed by atoms with van der Waals surface area (Å²) in [7, 11) is 2.00. The van der Waals surface area contributed by atoms with Gasteiger partial charge in [0.2, 0.25) is 6.79 Å². The minimum Gasteiger partial charge on any atom is -0.494 e. The number of benzene rings is 2. The van der Waals surface area contributed by atoms with Crippen LogP contribution in [0.3, 0.4) is 0 Å². The number of quaternary nitrogens is 1. The van der Waals surface area contributed by atoms with Gasteiger partial charge < -0.3 is 24.4 Å². The van der Waals surface area contributed by atoms with Crippen molar-refractivity contribution < 1.29 is 23.9 Å². The van der Waals surface area contributed by atoms with Gasteiger partial charge in [0.05, 0.1) is 13.7 Å². The van der Waals surface area contributed by atoms with Crippen molar-refractivity contribution in [1.82, 2.24) is 0 Å². The van der Waals surface area contributed by atoms with Gasteiger partial charge in [0.15, 0.2) is 18.0 Å². The van der Waals surface area contributed by atoms with Gasteiger partial charge in [-0.15, -0.1) is 0 Å². The lowest BCUT2D eigenvalue weighted by molar-refractivity contribution is -0.885. The molecule has 3 rings (SSSR count). The topological polar surface area (TPSA) is 61.2 Å². The SMILES string of the molecule is CCOc1ccc(C[NH+](C)CC(=O)Nc2ccc3c(c2)OCO3)cc1. The summed E-state index contributed by atoms with van der Waals surface area (Å²) in [5, 5.41) is 2.90. The number of fused-ring (bicyclic) bond motifs is 1. The van der Waals surface area contributed by atoms with Crippen LogP contribution in [0.2, 0.25) is 0 Å². The van der Waals surface area contributed by atoms with Crippen molar-refractivity contribution in [3.8, 4) is 17.2 Å². The third kappa shape index (κ3) is 4.64. The van der Waals surface area contributed by atoms with Gasteiger partial charge in [0.25, 0.3) is 5.91 Å². The Kier molecular flexibility index (Phi) is 5.40. The Labute approximate surface area is 147 Å². The van der Waals surface area contributed by atoms with E-state index in [0.29, 0.717) is 30.3 Å². The van der Waals surface area contributed by atoms with Crippen LogP contribution in [0.15, 0.2) is 42.5 Å². The van der Waals surface area contributed by atoms with E-state index in [1.54, 1.807) is 12.1 Å². The Morgan fingerprint density at radius 3 is 2.68 bits per heavy atom. The van der Waals surface area contributed by atoms with Gasteiger partial charge in [0, 0.05) is 17.3 Å². The molecule has 0 aromatic heterocycles. The maximum atomic E-state index is 12.2. The van der Waals surface area contributed by atoms with E-state index < -0.39 is 0 Å². The summed E-state index contributed by atoms with van der Waals surface area (Å²) in [6, 6.07) is 13.4. The Morgan fingerprint density at radius 2 is 1.92 bits per heavy atom. The van der Waals surface area contributed by atoms with E-state index in [0.717, 1.165) is 22.8 Å². The second kappa shape index (κ2) is 7.90. The summed E-state index contributed by atoms with van der Waals surface area (Å²) in [4.78, 5) is 13.3. The van der Waals surface area contributed by atoms with Crippen molar-refractivity contribution in [3.05, 3.63) is 48.0 Å². The van der Waals surface area contributed by atoms with Gasteiger partial charge in [-0.25, -0.2) is 0 Å². The number of rotatable bonds is 7. The molecule has 0 saturated carbocycles. The molecule has 0 fully saturated rings. The summed E-state index contributed by atoms with van der Waals surface area (Å²) in [6.07, 6.45) is 0. The standard InChI is InChI=1S/C19H22N2O4/c1-3-23-16-7-4-14(5-8-16)11-21(2)12-19(22)20-15-6-9-17-18(10-15)25-13-24-17/h4-10H,3,11-13H2,1-2H3,(H,20,22)/p+1. The molecular weight excluding hydrogens is 320 g/mol. The number of nitrogens with one attached hydrogen (secondary N) is 2. The number of anilines is 1. The Balaban J connectivity index is 1.50. The molecule has 25 heavy (non-hydrogen) atoms. The number of amides is 1. The van der Waals surface area contributed by atoms with E-state index in [4.69, 9.17) is 14.2 Å². The molecular formula is C19H23N2O4+. The van der Waals surface area contributed by atoms with Crippen LogP contribution in [-0.4, -0.2) is 32.9 Å². The fraction of sp³-hybridized carbons (Fsp3) is 0.316. The fourth-order valence-corrected chi connectivity index (χ4v) is 2.73. The van der Waals surface area contributed by atoms with Crippen molar-refractivity contribution in [2.75, 3.05) is 32.3 Å². The third-order valence-electron chi connectivity index (χ3n) is 3.86. The van der Waals surface area contributed by atoms with Gasteiger partial charge in [-0.1, -0.05) is 0 Å². The molecule has 0 spiro atoms. The van der Waals surface area contributed by atoms with Gasteiger partial charge in [-0.05, 0) is 43.3 Å². The lowest BCUT2D eigenvalue weighted by Gasteiger charge is -2.14. The first-order chi connectivity index (χ1) is 12.1. The Morgan fingerprint density at radius 1 is 1.16 bits per heavy atom. The number of carbonyl (C=O) groups is 1. The monoisotopic (exact) mass is 343 g/mol. The molecule has 0 bridgehead atoms. The number of carbonyl (C=O) groups excluding carboxylic acids is 1. The predicted octanol–water partition coefficient (Wildman–Crippen LogP) is 1.47. The van der Waals surface area contributed by atoms with Gasteiger partial charge in [0.1, 0.15) is 12.3 Å². The average molecular weight is 343 g/mol. The first-order valence-electron chi connectivity index (χ1n) is 8.36. The first kappa shape index (κ1) is 17.1. The smallest absolute Gasteiger partial charge is 0.279 e. The summed E-state index contributed by atoms with van der Waals surface area (Å²) < 4.78 is 16.0. The van der Waals surface area contributed by atoms with E-state index in [1.165, 1.54) is 0 Å². The van der Waals surface area contributed by atoms with E-state index in [2.05, 4.69) is 5.32 Å². The second-order valence-electron chi connectivity index (χ2n) is 6.00. The summed E-state index contributed by atoms with van der Waals surface area (Å²) in [6.45, 7) is 3.99. The van der Waals surface area contributed by atoms with E-state index >= 15 is 0 Å². The number of likely N-dealkylation sites (N-methyl/N-ethyl adjacent to an activating group) is 1. The van der Waals surface area contributed by atoms with Gasteiger partial charge >= 0.3 is 0 Å². The molecule has 2 aromatic rings. The van der Waals surface area contributed by atoms with Crippen LogP contribution < -0.4 is 24.4 Å². The molecule has 0 aliphatic carbocycles.